The Balaban J connectivity index is 1.16. The Bertz CT molecular complexity index is 2930. The molecule has 9 aromatic rings. The van der Waals surface area contributed by atoms with Crippen molar-refractivity contribution in [3.8, 4) is 45.0 Å². The molecule has 0 amide bonds. The standard InChI is InChI=1S/C54H39N5S/c1-54(2)43-27-15-16-28-45(43)59(53-56-51(38-23-11-5-12-24-38)55-52(57-53)39-25-13-6-14-26-39)47-35-50-48(34-44(47)54)58(46-29-17-18-30-49(46)60-50)42-32-40(36-19-7-3-8-20-36)31-41(33-42)37-21-9-4-10-22-37/h3-35H,1-2H3. The van der Waals surface area contributed by atoms with Crippen LogP contribution in [0, 0.1) is 0 Å². The van der Waals surface area contributed by atoms with Gasteiger partial charge in [0.15, 0.2) is 11.6 Å². The Labute approximate surface area is 354 Å². The fourth-order valence-electron chi connectivity index (χ4n) is 8.67. The molecule has 60 heavy (non-hydrogen) atoms. The monoisotopic (exact) mass is 789 g/mol. The van der Waals surface area contributed by atoms with E-state index in [0.717, 1.165) is 44.5 Å². The lowest BCUT2D eigenvalue weighted by Gasteiger charge is -2.43. The predicted molar refractivity (Wildman–Crippen MR) is 247 cm³/mol. The Morgan fingerprint density at radius 1 is 0.367 bits per heavy atom. The van der Waals surface area contributed by atoms with Gasteiger partial charge in [-0.05, 0) is 81.9 Å². The van der Waals surface area contributed by atoms with Crippen LogP contribution in [0.5, 0.6) is 0 Å². The normalized spacial score (nSPS) is 13.5. The molecule has 0 aliphatic carbocycles. The van der Waals surface area contributed by atoms with Crippen LogP contribution in [0.3, 0.4) is 0 Å². The molecule has 0 spiro atoms. The molecule has 0 saturated heterocycles. The van der Waals surface area contributed by atoms with Crippen LogP contribution in [0.25, 0.3) is 45.0 Å². The molecule has 0 saturated carbocycles. The Morgan fingerprint density at radius 3 is 1.45 bits per heavy atom. The number of hydrogen-bond acceptors (Lipinski definition) is 6. The van der Waals surface area contributed by atoms with Gasteiger partial charge < -0.3 is 4.90 Å². The minimum Gasteiger partial charge on any atom is -0.308 e. The van der Waals surface area contributed by atoms with Gasteiger partial charge in [-0.3, -0.25) is 4.90 Å². The highest BCUT2D eigenvalue weighted by molar-refractivity contribution is 7.99. The number of para-hydroxylation sites is 2. The van der Waals surface area contributed by atoms with Crippen LogP contribution in [-0.2, 0) is 5.41 Å². The van der Waals surface area contributed by atoms with E-state index in [9.17, 15) is 0 Å². The van der Waals surface area contributed by atoms with E-state index >= 15 is 0 Å². The summed E-state index contributed by atoms with van der Waals surface area (Å²) in [5, 5.41) is 0. The van der Waals surface area contributed by atoms with Crippen LogP contribution < -0.4 is 9.80 Å². The second kappa shape index (κ2) is 14.5. The van der Waals surface area contributed by atoms with Crippen LogP contribution in [0.15, 0.2) is 210 Å². The molecule has 0 N–H and O–H groups in total. The predicted octanol–water partition coefficient (Wildman–Crippen LogP) is 14.6. The summed E-state index contributed by atoms with van der Waals surface area (Å²) in [6.07, 6.45) is 0. The molecule has 0 atom stereocenters. The molecule has 0 unspecified atom stereocenters. The van der Waals surface area contributed by atoms with E-state index in [4.69, 9.17) is 15.0 Å². The minimum atomic E-state index is -0.358. The smallest absolute Gasteiger partial charge is 0.238 e. The third-order valence-electron chi connectivity index (χ3n) is 11.7. The third kappa shape index (κ3) is 6.16. The number of aromatic nitrogens is 3. The molecule has 0 bridgehead atoms. The molecule has 2 aliphatic heterocycles. The summed E-state index contributed by atoms with van der Waals surface area (Å²) in [5.74, 6) is 1.83. The van der Waals surface area contributed by atoms with E-state index in [1.54, 1.807) is 0 Å². The summed E-state index contributed by atoms with van der Waals surface area (Å²) >= 11 is 1.81. The van der Waals surface area contributed by atoms with E-state index in [1.807, 2.05) is 48.2 Å². The summed E-state index contributed by atoms with van der Waals surface area (Å²) in [4.78, 5) is 22.7. The first kappa shape index (κ1) is 35.8. The van der Waals surface area contributed by atoms with Gasteiger partial charge in [0, 0.05) is 32.0 Å². The van der Waals surface area contributed by atoms with Crippen molar-refractivity contribution in [3.63, 3.8) is 0 Å². The fourth-order valence-corrected chi connectivity index (χ4v) is 9.75. The van der Waals surface area contributed by atoms with Crippen molar-refractivity contribution in [1.82, 2.24) is 15.0 Å². The topological polar surface area (TPSA) is 45.2 Å². The first-order chi connectivity index (χ1) is 29.5. The molecular weight excluding hydrogens is 751 g/mol. The number of nitrogens with zero attached hydrogens (tertiary/aromatic N) is 5. The van der Waals surface area contributed by atoms with Crippen LogP contribution in [0.1, 0.15) is 25.0 Å². The maximum absolute atomic E-state index is 5.27. The molecule has 0 fully saturated rings. The van der Waals surface area contributed by atoms with Crippen molar-refractivity contribution in [1.29, 1.82) is 0 Å². The van der Waals surface area contributed by atoms with Gasteiger partial charge in [-0.15, -0.1) is 0 Å². The van der Waals surface area contributed by atoms with Crippen LogP contribution in [-0.4, -0.2) is 15.0 Å². The summed E-state index contributed by atoms with van der Waals surface area (Å²) in [6, 6.07) is 71.0. The fraction of sp³-hybridized carbons (Fsp3) is 0.0556. The molecule has 6 heteroatoms. The van der Waals surface area contributed by atoms with Crippen LogP contribution in [0.2, 0.25) is 0 Å². The van der Waals surface area contributed by atoms with E-state index in [0.29, 0.717) is 17.6 Å². The molecule has 11 rings (SSSR count). The van der Waals surface area contributed by atoms with Crippen LogP contribution >= 0.6 is 11.8 Å². The van der Waals surface area contributed by atoms with Gasteiger partial charge in [0.2, 0.25) is 5.95 Å². The number of anilines is 6. The summed E-state index contributed by atoms with van der Waals surface area (Å²) < 4.78 is 0. The summed E-state index contributed by atoms with van der Waals surface area (Å²) in [6.45, 7) is 4.68. The molecule has 5 nitrogen and oxygen atoms in total. The zero-order valence-electron chi connectivity index (χ0n) is 33.2. The highest BCUT2D eigenvalue weighted by Gasteiger charge is 2.40. The number of hydrogen-bond donors (Lipinski definition) is 0. The van der Waals surface area contributed by atoms with Crippen molar-refractivity contribution >= 4 is 46.1 Å². The highest BCUT2D eigenvalue weighted by atomic mass is 32.2. The summed E-state index contributed by atoms with van der Waals surface area (Å²) in [5.41, 5.74) is 14.1. The molecule has 286 valence electrons. The average molecular weight is 790 g/mol. The lowest BCUT2D eigenvalue weighted by molar-refractivity contribution is 0.630. The molecule has 8 aromatic carbocycles. The SMILES string of the molecule is CC1(C)c2ccccc2N(c2nc(-c3ccccc3)nc(-c3ccccc3)n2)c2cc3c(cc21)N(c1cc(-c2ccccc2)cc(-c2ccccc2)c1)c1ccccc1S3. The van der Waals surface area contributed by atoms with Gasteiger partial charge in [0.25, 0.3) is 0 Å². The van der Waals surface area contributed by atoms with E-state index in [2.05, 4.69) is 187 Å². The van der Waals surface area contributed by atoms with Crippen molar-refractivity contribution in [2.75, 3.05) is 9.80 Å². The third-order valence-corrected chi connectivity index (χ3v) is 12.8. The molecule has 2 aliphatic rings. The lowest BCUT2D eigenvalue weighted by Crippen LogP contribution is -2.32. The highest BCUT2D eigenvalue weighted by Crippen LogP contribution is 2.58. The minimum absolute atomic E-state index is 0.358. The molecule has 1 aromatic heterocycles. The Kier molecular flexibility index (Phi) is 8.68. The Hall–Kier alpha value is -7.28. The number of benzene rings is 8. The Morgan fingerprint density at radius 2 is 0.867 bits per heavy atom. The zero-order chi connectivity index (χ0) is 40.2. The van der Waals surface area contributed by atoms with E-state index in [1.165, 1.54) is 38.3 Å². The largest absolute Gasteiger partial charge is 0.308 e. The number of rotatable bonds is 6. The van der Waals surface area contributed by atoms with Gasteiger partial charge >= 0.3 is 0 Å². The summed E-state index contributed by atoms with van der Waals surface area (Å²) in [7, 11) is 0. The molecule has 0 radical (unpaired) electrons. The van der Waals surface area contributed by atoms with Crippen molar-refractivity contribution < 1.29 is 0 Å². The quantitative estimate of drug-likeness (QED) is 0.167. The second-order valence-electron chi connectivity index (χ2n) is 15.7. The lowest BCUT2D eigenvalue weighted by atomic mass is 9.73. The van der Waals surface area contributed by atoms with Crippen molar-refractivity contribution in [3.05, 3.63) is 211 Å². The first-order valence-electron chi connectivity index (χ1n) is 20.3. The van der Waals surface area contributed by atoms with Gasteiger partial charge in [0.05, 0.1) is 22.7 Å². The van der Waals surface area contributed by atoms with Crippen molar-refractivity contribution in [2.45, 2.75) is 29.1 Å². The zero-order valence-corrected chi connectivity index (χ0v) is 34.0. The van der Waals surface area contributed by atoms with Crippen LogP contribution in [0.4, 0.5) is 34.4 Å². The van der Waals surface area contributed by atoms with E-state index < -0.39 is 0 Å². The van der Waals surface area contributed by atoms with Gasteiger partial charge in [-0.25, -0.2) is 4.98 Å². The molecular formula is C54H39N5S. The second-order valence-corrected chi connectivity index (χ2v) is 16.8. The van der Waals surface area contributed by atoms with E-state index in [-0.39, 0.29) is 5.41 Å². The van der Waals surface area contributed by atoms with Gasteiger partial charge in [0.1, 0.15) is 0 Å². The maximum Gasteiger partial charge on any atom is 0.238 e. The molecule has 3 heterocycles. The maximum atomic E-state index is 5.27. The first-order valence-corrected chi connectivity index (χ1v) is 21.1. The van der Waals surface area contributed by atoms with Crippen molar-refractivity contribution in [2.24, 2.45) is 0 Å². The van der Waals surface area contributed by atoms with Gasteiger partial charge in [-0.2, -0.15) is 9.97 Å². The van der Waals surface area contributed by atoms with Gasteiger partial charge in [-0.1, -0.05) is 177 Å². The average Bonchev–Trinajstić information content (AvgIpc) is 3.31. The number of fused-ring (bicyclic) bond motifs is 4.